The topological polar surface area (TPSA) is 35.2 Å². The lowest BCUT2D eigenvalue weighted by molar-refractivity contribution is -0.138. The van der Waals surface area contributed by atoms with Crippen LogP contribution in [0.3, 0.4) is 0 Å². The highest BCUT2D eigenvalue weighted by Gasteiger charge is 2.34. The third-order valence-electron chi connectivity index (χ3n) is 2.93. The molecule has 0 aliphatic carbocycles. The molecule has 0 aliphatic heterocycles. The van der Waals surface area contributed by atoms with Crippen molar-refractivity contribution in [1.82, 2.24) is 0 Å². The molecular weight excluding hydrogens is 347 g/mol. The van der Waals surface area contributed by atoms with Crippen molar-refractivity contribution in [3.05, 3.63) is 58.1 Å². The number of rotatable bonds is 4. The molecule has 0 fully saturated rings. The summed E-state index contributed by atoms with van der Waals surface area (Å²) in [7, 11) is 0. The Balaban J connectivity index is 2.10. The first-order chi connectivity index (χ1) is 9.88. The molecule has 2 rings (SSSR count). The molecule has 0 aliphatic rings. The molecule has 0 spiro atoms. The summed E-state index contributed by atoms with van der Waals surface area (Å²) in [6.07, 6.45) is -4.00. The maximum absolute atomic E-state index is 12.9. The van der Waals surface area contributed by atoms with E-state index in [1.807, 2.05) is 12.1 Å². The van der Waals surface area contributed by atoms with Gasteiger partial charge in [-0.1, -0.05) is 34.1 Å². The Hall–Kier alpha value is -1.69. The normalized spacial score (nSPS) is 11.4. The Morgan fingerprint density at radius 1 is 1.10 bits per heavy atom. The van der Waals surface area contributed by atoms with Crippen LogP contribution in [0.25, 0.3) is 0 Å². The molecule has 0 amide bonds. The molecule has 0 radical (unpaired) electrons. The number of hydrogen-bond donors (Lipinski definition) is 1. The highest BCUT2D eigenvalue weighted by Crippen LogP contribution is 2.37. The van der Waals surface area contributed by atoms with Gasteiger partial charge in [0.2, 0.25) is 0 Å². The lowest BCUT2D eigenvalue weighted by Crippen LogP contribution is -2.10. The van der Waals surface area contributed by atoms with E-state index in [9.17, 15) is 13.2 Å². The summed E-state index contributed by atoms with van der Waals surface area (Å²) in [6, 6.07) is 10.8. The standard InChI is InChI=1S/C15H13BrF3NO/c16-11-5-6-12(15(17,18)19)14(9-11)21-8-7-10-3-1-2-4-13(10)20/h1-6,9H,7-8,20H2. The molecule has 2 nitrogen and oxygen atoms in total. The molecule has 2 N–H and O–H groups in total. The van der Waals surface area contributed by atoms with Gasteiger partial charge in [-0.15, -0.1) is 0 Å². The maximum Gasteiger partial charge on any atom is 0.419 e. The van der Waals surface area contributed by atoms with Crippen molar-refractivity contribution in [2.24, 2.45) is 0 Å². The highest BCUT2D eigenvalue weighted by molar-refractivity contribution is 9.10. The Bertz CT molecular complexity index is 629. The molecule has 2 aromatic carbocycles. The fourth-order valence-electron chi connectivity index (χ4n) is 1.88. The number of nitrogen functional groups attached to an aromatic ring is 1. The van der Waals surface area contributed by atoms with E-state index in [0.717, 1.165) is 11.6 Å². The second-order valence-corrected chi connectivity index (χ2v) is 5.35. The van der Waals surface area contributed by atoms with Gasteiger partial charge in [0.25, 0.3) is 0 Å². The predicted octanol–water partition coefficient (Wildman–Crippen LogP) is 4.67. The van der Waals surface area contributed by atoms with Gasteiger partial charge in [0.15, 0.2) is 0 Å². The molecule has 6 heteroatoms. The van der Waals surface area contributed by atoms with Gasteiger partial charge in [-0.05, 0) is 29.8 Å². The van der Waals surface area contributed by atoms with Gasteiger partial charge < -0.3 is 10.5 Å². The fraction of sp³-hybridized carbons (Fsp3) is 0.200. The van der Waals surface area contributed by atoms with Crippen LogP contribution in [0.5, 0.6) is 5.75 Å². The molecule has 0 atom stereocenters. The third-order valence-corrected chi connectivity index (χ3v) is 3.43. The average Bonchev–Trinajstić information content (AvgIpc) is 2.39. The number of ether oxygens (including phenoxy) is 1. The van der Waals surface area contributed by atoms with Crippen molar-refractivity contribution in [1.29, 1.82) is 0 Å². The number of alkyl halides is 3. The van der Waals surface area contributed by atoms with Crippen molar-refractivity contribution in [2.45, 2.75) is 12.6 Å². The van der Waals surface area contributed by atoms with Gasteiger partial charge in [-0.3, -0.25) is 0 Å². The van der Waals surface area contributed by atoms with E-state index in [4.69, 9.17) is 10.5 Å². The van der Waals surface area contributed by atoms with Crippen LogP contribution < -0.4 is 10.5 Å². The zero-order valence-corrected chi connectivity index (χ0v) is 12.5. The minimum atomic E-state index is -4.44. The minimum absolute atomic E-state index is 0.119. The molecule has 112 valence electrons. The first-order valence-corrected chi connectivity index (χ1v) is 7.00. The molecule has 0 saturated heterocycles. The van der Waals surface area contributed by atoms with Crippen molar-refractivity contribution < 1.29 is 17.9 Å². The summed E-state index contributed by atoms with van der Waals surface area (Å²) in [5.41, 5.74) is 6.45. The quantitative estimate of drug-likeness (QED) is 0.805. The van der Waals surface area contributed by atoms with Gasteiger partial charge >= 0.3 is 6.18 Å². The highest BCUT2D eigenvalue weighted by atomic mass is 79.9. The minimum Gasteiger partial charge on any atom is -0.493 e. The van der Waals surface area contributed by atoms with Crippen LogP contribution in [-0.4, -0.2) is 6.61 Å². The van der Waals surface area contributed by atoms with E-state index in [2.05, 4.69) is 15.9 Å². The number of benzene rings is 2. The Morgan fingerprint density at radius 2 is 1.81 bits per heavy atom. The summed E-state index contributed by atoms with van der Waals surface area (Å²) >= 11 is 3.14. The van der Waals surface area contributed by atoms with Gasteiger partial charge in [-0.2, -0.15) is 13.2 Å². The first kappa shape index (κ1) is 15.7. The fourth-order valence-corrected chi connectivity index (χ4v) is 2.22. The molecule has 0 bridgehead atoms. The van der Waals surface area contributed by atoms with Crippen LogP contribution in [0, 0.1) is 0 Å². The average molecular weight is 360 g/mol. The van der Waals surface area contributed by atoms with Crippen molar-refractivity contribution in [3.63, 3.8) is 0 Å². The van der Waals surface area contributed by atoms with Crippen LogP contribution in [-0.2, 0) is 12.6 Å². The third kappa shape index (κ3) is 4.14. The van der Waals surface area contributed by atoms with E-state index in [1.54, 1.807) is 12.1 Å². The van der Waals surface area contributed by atoms with Gasteiger partial charge in [-0.25, -0.2) is 0 Å². The second-order valence-electron chi connectivity index (χ2n) is 4.44. The number of nitrogens with two attached hydrogens (primary N) is 1. The molecule has 0 unspecified atom stereocenters. The zero-order valence-electron chi connectivity index (χ0n) is 11.0. The molecule has 0 heterocycles. The summed E-state index contributed by atoms with van der Waals surface area (Å²) in [5, 5.41) is 0. The van der Waals surface area contributed by atoms with E-state index in [0.29, 0.717) is 16.6 Å². The second kappa shape index (κ2) is 6.39. The van der Waals surface area contributed by atoms with E-state index < -0.39 is 11.7 Å². The summed E-state index contributed by atoms with van der Waals surface area (Å²) < 4.78 is 44.5. The van der Waals surface area contributed by atoms with Crippen molar-refractivity contribution in [2.75, 3.05) is 12.3 Å². The molecule has 21 heavy (non-hydrogen) atoms. The molecule has 0 saturated carbocycles. The van der Waals surface area contributed by atoms with Crippen molar-refractivity contribution >= 4 is 21.6 Å². The first-order valence-electron chi connectivity index (χ1n) is 6.21. The van der Waals surface area contributed by atoms with Gasteiger partial charge in [0.05, 0.1) is 12.2 Å². The van der Waals surface area contributed by atoms with Crippen LogP contribution in [0.2, 0.25) is 0 Å². The van der Waals surface area contributed by atoms with Crippen LogP contribution in [0.15, 0.2) is 46.9 Å². The Kier molecular flexibility index (Phi) is 4.77. The Labute approximate surface area is 128 Å². The maximum atomic E-state index is 12.9. The summed E-state index contributed by atoms with van der Waals surface area (Å²) in [4.78, 5) is 0. The number of anilines is 1. The summed E-state index contributed by atoms with van der Waals surface area (Å²) in [6.45, 7) is 0.119. The Morgan fingerprint density at radius 3 is 2.48 bits per heavy atom. The van der Waals surface area contributed by atoms with Crippen LogP contribution >= 0.6 is 15.9 Å². The number of hydrogen-bond acceptors (Lipinski definition) is 2. The van der Waals surface area contributed by atoms with E-state index in [1.165, 1.54) is 12.1 Å². The molecule has 2 aromatic rings. The van der Waals surface area contributed by atoms with Crippen LogP contribution in [0.1, 0.15) is 11.1 Å². The lowest BCUT2D eigenvalue weighted by Gasteiger charge is -2.14. The molecule has 0 aromatic heterocycles. The number of halogens is 4. The zero-order chi connectivity index (χ0) is 15.5. The SMILES string of the molecule is Nc1ccccc1CCOc1cc(Br)ccc1C(F)(F)F. The van der Waals surface area contributed by atoms with E-state index in [-0.39, 0.29) is 12.4 Å². The lowest BCUT2D eigenvalue weighted by atomic mass is 10.1. The largest absolute Gasteiger partial charge is 0.493 e. The summed E-state index contributed by atoms with van der Waals surface area (Å²) in [5.74, 6) is -0.189. The smallest absolute Gasteiger partial charge is 0.419 e. The van der Waals surface area contributed by atoms with Crippen LogP contribution in [0.4, 0.5) is 18.9 Å². The number of para-hydroxylation sites is 1. The van der Waals surface area contributed by atoms with Crippen molar-refractivity contribution in [3.8, 4) is 5.75 Å². The molecular formula is C15H13BrF3NO. The van der Waals surface area contributed by atoms with Gasteiger partial charge in [0.1, 0.15) is 5.75 Å². The predicted molar refractivity (Wildman–Crippen MR) is 79.2 cm³/mol. The monoisotopic (exact) mass is 359 g/mol. The van der Waals surface area contributed by atoms with Gasteiger partial charge in [0, 0.05) is 16.6 Å². The van der Waals surface area contributed by atoms with E-state index >= 15 is 0 Å².